The van der Waals surface area contributed by atoms with Crippen LogP contribution in [0.25, 0.3) is 10.9 Å². The molecule has 2 rings (SSSR count). The highest BCUT2D eigenvalue weighted by molar-refractivity contribution is 7.97. The molecule has 86 valence electrons. The average Bonchev–Trinajstić information content (AvgIpc) is 2.61. The first-order valence-corrected chi connectivity index (χ1v) is 6.20. The Morgan fingerprint density at radius 3 is 3.06 bits per heavy atom. The van der Waals surface area contributed by atoms with E-state index in [4.69, 9.17) is 0 Å². The van der Waals surface area contributed by atoms with E-state index in [2.05, 4.69) is 35.6 Å². The fourth-order valence-electron chi connectivity index (χ4n) is 1.62. The van der Waals surface area contributed by atoms with Crippen LogP contribution in [0.15, 0.2) is 24.4 Å². The molecular formula is C11H16N4S. The van der Waals surface area contributed by atoms with E-state index in [1.54, 1.807) is 11.9 Å². The van der Waals surface area contributed by atoms with E-state index in [-0.39, 0.29) is 0 Å². The van der Waals surface area contributed by atoms with Gasteiger partial charge in [0, 0.05) is 25.2 Å². The number of hydrazine groups is 1. The van der Waals surface area contributed by atoms with E-state index in [9.17, 15) is 0 Å². The molecule has 0 radical (unpaired) electrons. The molecular weight excluding hydrogens is 220 g/mol. The largest absolute Gasteiger partial charge is 0.310 e. The highest BCUT2D eigenvalue weighted by Gasteiger charge is 2.02. The Balaban J connectivity index is 2.21. The summed E-state index contributed by atoms with van der Waals surface area (Å²) in [5.74, 6) is 1.05. The van der Waals surface area contributed by atoms with Gasteiger partial charge < -0.3 is 5.43 Å². The van der Waals surface area contributed by atoms with Gasteiger partial charge in [0.15, 0.2) is 0 Å². The van der Waals surface area contributed by atoms with Crippen molar-refractivity contribution in [1.29, 1.82) is 0 Å². The van der Waals surface area contributed by atoms with E-state index < -0.39 is 0 Å². The number of nitrogens with zero attached hydrogens (tertiary/aromatic N) is 3. The summed E-state index contributed by atoms with van der Waals surface area (Å²) in [6.45, 7) is 2.13. The fraction of sp³-hybridized carbons (Fsp3) is 0.364. The fourth-order valence-corrected chi connectivity index (χ4v) is 2.18. The van der Waals surface area contributed by atoms with Crippen LogP contribution in [0.1, 0.15) is 6.92 Å². The number of benzene rings is 1. The maximum Gasteiger partial charge on any atom is 0.0700 e. The van der Waals surface area contributed by atoms with Crippen molar-refractivity contribution in [3.05, 3.63) is 24.4 Å². The van der Waals surface area contributed by atoms with Crippen LogP contribution in [0.5, 0.6) is 0 Å². The van der Waals surface area contributed by atoms with Crippen molar-refractivity contribution in [1.82, 2.24) is 14.2 Å². The molecule has 0 aliphatic rings. The smallest absolute Gasteiger partial charge is 0.0700 e. The Kier molecular flexibility index (Phi) is 3.36. The monoisotopic (exact) mass is 236 g/mol. The molecule has 1 aromatic heterocycles. The number of hydrogen-bond donors (Lipinski definition) is 1. The van der Waals surface area contributed by atoms with Gasteiger partial charge in [0.1, 0.15) is 0 Å². The number of aryl methyl sites for hydroxylation is 1. The molecule has 0 saturated heterocycles. The first-order chi connectivity index (χ1) is 7.70. The van der Waals surface area contributed by atoms with E-state index in [1.807, 2.05) is 29.4 Å². The topological polar surface area (TPSA) is 33.1 Å². The van der Waals surface area contributed by atoms with Crippen LogP contribution in [-0.2, 0) is 7.05 Å². The van der Waals surface area contributed by atoms with Gasteiger partial charge >= 0.3 is 0 Å². The van der Waals surface area contributed by atoms with Gasteiger partial charge in [-0.2, -0.15) is 9.51 Å². The van der Waals surface area contributed by atoms with Crippen LogP contribution in [0.2, 0.25) is 0 Å². The number of anilines is 1. The van der Waals surface area contributed by atoms with Gasteiger partial charge in [0.2, 0.25) is 0 Å². The lowest BCUT2D eigenvalue weighted by molar-refractivity contribution is 0.686. The molecule has 0 saturated carbocycles. The molecule has 16 heavy (non-hydrogen) atoms. The summed E-state index contributed by atoms with van der Waals surface area (Å²) < 4.78 is 3.89. The molecule has 4 nitrogen and oxygen atoms in total. The maximum atomic E-state index is 4.22. The van der Waals surface area contributed by atoms with Crippen LogP contribution in [0, 0.1) is 0 Å². The summed E-state index contributed by atoms with van der Waals surface area (Å²) in [5, 5.41) is 5.39. The number of rotatable bonds is 4. The SMILES string of the molecule is CCSN(C)Nc1ccc2cnn(C)c2c1. The molecule has 0 aliphatic heterocycles. The number of fused-ring (bicyclic) bond motifs is 1. The molecule has 1 aromatic carbocycles. The normalized spacial score (nSPS) is 11.2. The van der Waals surface area contributed by atoms with Crippen LogP contribution in [0.3, 0.4) is 0 Å². The predicted molar refractivity (Wildman–Crippen MR) is 70.2 cm³/mol. The summed E-state index contributed by atoms with van der Waals surface area (Å²) in [6, 6.07) is 6.25. The maximum absolute atomic E-state index is 4.22. The van der Waals surface area contributed by atoms with Gasteiger partial charge in [-0.05, 0) is 18.2 Å². The Hall–Kier alpha value is -1.20. The lowest BCUT2D eigenvalue weighted by atomic mass is 10.2. The molecule has 0 unspecified atom stereocenters. The van der Waals surface area contributed by atoms with Crippen molar-refractivity contribution in [2.75, 3.05) is 18.2 Å². The zero-order valence-electron chi connectivity index (χ0n) is 9.77. The molecule has 5 heteroatoms. The van der Waals surface area contributed by atoms with Gasteiger partial charge in [-0.25, -0.2) is 0 Å². The number of aromatic nitrogens is 2. The van der Waals surface area contributed by atoms with Crippen LogP contribution in [-0.4, -0.2) is 27.0 Å². The molecule has 1 heterocycles. The van der Waals surface area contributed by atoms with Gasteiger partial charge in [-0.15, -0.1) is 0 Å². The minimum Gasteiger partial charge on any atom is -0.310 e. The highest BCUT2D eigenvalue weighted by atomic mass is 32.2. The molecule has 0 amide bonds. The van der Waals surface area contributed by atoms with E-state index >= 15 is 0 Å². The third-order valence-electron chi connectivity index (χ3n) is 2.36. The molecule has 0 fully saturated rings. The van der Waals surface area contributed by atoms with E-state index in [0.29, 0.717) is 0 Å². The highest BCUT2D eigenvalue weighted by Crippen LogP contribution is 2.19. The third-order valence-corrected chi connectivity index (χ3v) is 3.10. The standard InChI is InChI=1S/C11H16N4S/c1-4-16-15(3)13-10-6-5-9-8-12-14(2)11(9)7-10/h5-8,13H,4H2,1-3H3. The second kappa shape index (κ2) is 4.76. The Labute approximate surface area is 99.7 Å². The van der Waals surface area contributed by atoms with E-state index in [1.165, 1.54) is 5.39 Å². The second-order valence-electron chi connectivity index (χ2n) is 3.57. The summed E-state index contributed by atoms with van der Waals surface area (Å²) in [6.07, 6.45) is 1.88. The lowest BCUT2D eigenvalue weighted by Gasteiger charge is -2.17. The van der Waals surface area contributed by atoms with Crippen molar-refractivity contribution in [2.24, 2.45) is 7.05 Å². The summed E-state index contributed by atoms with van der Waals surface area (Å²) in [4.78, 5) is 0. The van der Waals surface area contributed by atoms with Gasteiger partial charge in [-0.1, -0.05) is 18.9 Å². The van der Waals surface area contributed by atoms with Crippen molar-refractivity contribution in [2.45, 2.75) is 6.92 Å². The van der Waals surface area contributed by atoms with Gasteiger partial charge in [0.25, 0.3) is 0 Å². The molecule has 0 spiro atoms. The molecule has 0 atom stereocenters. The van der Waals surface area contributed by atoms with Crippen molar-refractivity contribution in [3.63, 3.8) is 0 Å². The number of nitrogens with one attached hydrogen (secondary N) is 1. The average molecular weight is 236 g/mol. The molecule has 0 aliphatic carbocycles. The third kappa shape index (κ3) is 2.31. The quantitative estimate of drug-likeness (QED) is 0.653. The molecule has 1 N–H and O–H groups in total. The van der Waals surface area contributed by atoms with Gasteiger partial charge in [0.05, 0.1) is 17.4 Å². The lowest BCUT2D eigenvalue weighted by Crippen LogP contribution is -2.17. The Morgan fingerprint density at radius 1 is 1.50 bits per heavy atom. The minimum atomic E-state index is 1.05. The zero-order chi connectivity index (χ0) is 11.5. The minimum absolute atomic E-state index is 1.05. The first-order valence-electron chi connectivity index (χ1n) is 5.25. The van der Waals surface area contributed by atoms with E-state index in [0.717, 1.165) is 17.0 Å². The molecule has 0 bridgehead atoms. The first kappa shape index (κ1) is 11.3. The van der Waals surface area contributed by atoms with Crippen molar-refractivity contribution in [3.8, 4) is 0 Å². The van der Waals surface area contributed by atoms with Crippen LogP contribution >= 0.6 is 11.9 Å². The summed E-state index contributed by atoms with van der Waals surface area (Å²) >= 11 is 1.74. The predicted octanol–water partition coefficient (Wildman–Crippen LogP) is 2.50. The summed E-state index contributed by atoms with van der Waals surface area (Å²) in [5.41, 5.74) is 5.53. The van der Waals surface area contributed by atoms with Crippen molar-refractivity contribution >= 4 is 28.5 Å². The summed E-state index contributed by atoms with van der Waals surface area (Å²) in [7, 11) is 3.97. The van der Waals surface area contributed by atoms with Crippen LogP contribution < -0.4 is 5.43 Å². The zero-order valence-corrected chi connectivity index (χ0v) is 10.6. The second-order valence-corrected chi connectivity index (χ2v) is 4.95. The van der Waals surface area contributed by atoms with Crippen LogP contribution in [0.4, 0.5) is 5.69 Å². The Morgan fingerprint density at radius 2 is 2.31 bits per heavy atom. The van der Waals surface area contributed by atoms with Crippen molar-refractivity contribution < 1.29 is 0 Å². The van der Waals surface area contributed by atoms with Gasteiger partial charge in [-0.3, -0.25) is 4.68 Å². The Bertz CT molecular complexity index is 480. The molecule has 2 aromatic rings. The number of hydrogen-bond acceptors (Lipinski definition) is 4.